The van der Waals surface area contributed by atoms with E-state index in [1.54, 1.807) is 17.8 Å². The molecule has 1 amide bonds. The van der Waals surface area contributed by atoms with Crippen LogP contribution in [0.25, 0.3) is 0 Å². The van der Waals surface area contributed by atoms with E-state index in [4.69, 9.17) is 16.3 Å². The molecule has 1 fully saturated rings. The van der Waals surface area contributed by atoms with Crippen LogP contribution in [0.4, 0.5) is 5.69 Å². The molecule has 1 aromatic heterocycles. The summed E-state index contributed by atoms with van der Waals surface area (Å²) in [5.41, 5.74) is 0.788. The number of halogens is 1. The summed E-state index contributed by atoms with van der Waals surface area (Å²) in [6.45, 7) is 0.280. The van der Waals surface area contributed by atoms with Gasteiger partial charge >= 0.3 is 0 Å². The molecule has 3 aromatic rings. The average molecular weight is 461 g/mol. The summed E-state index contributed by atoms with van der Waals surface area (Å²) in [6.07, 6.45) is 4.19. The Morgan fingerprint density at radius 2 is 1.97 bits per heavy atom. The third-order valence-corrected chi connectivity index (χ3v) is 6.55. The standard InChI is InChI=1S/C21H21ClN4O2S2/c1-29-16-10-6-14(7-11-16)23-20(27)13-30-21-25-24-19(26(21)15-8-9-15)12-28-18-5-3-2-4-17(18)22/h2-7,10-11,15H,8-9,12-13H2,1H3,(H,23,27). The van der Waals surface area contributed by atoms with Gasteiger partial charge in [0.2, 0.25) is 5.91 Å². The molecule has 4 rings (SSSR count). The molecule has 1 aliphatic carbocycles. The Hall–Kier alpha value is -2.16. The minimum Gasteiger partial charge on any atom is -0.484 e. The number of amides is 1. The number of thioether (sulfide) groups is 2. The highest BCUT2D eigenvalue weighted by Crippen LogP contribution is 2.39. The van der Waals surface area contributed by atoms with Gasteiger partial charge in [0.05, 0.1) is 10.8 Å². The molecular weight excluding hydrogens is 440 g/mol. The summed E-state index contributed by atoms with van der Waals surface area (Å²) in [4.78, 5) is 13.5. The number of benzene rings is 2. The molecule has 2 aromatic carbocycles. The van der Waals surface area contributed by atoms with Gasteiger partial charge in [-0.15, -0.1) is 22.0 Å². The fourth-order valence-corrected chi connectivity index (χ4v) is 4.33. The number of anilines is 1. The number of aromatic nitrogens is 3. The number of hydrogen-bond acceptors (Lipinski definition) is 6. The summed E-state index contributed by atoms with van der Waals surface area (Å²) < 4.78 is 7.92. The first-order valence-corrected chi connectivity index (χ1v) is 12.1. The van der Waals surface area contributed by atoms with Gasteiger partial charge in [-0.1, -0.05) is 35.5 Å². The Balaban J connectivity index is 1.37. The molecule has 0 atom stereocenters. The zero-order chi connectivity index (χ0) is 20.9. The van der Waals surface area contributed by atoms with Crippen LogP contribution in [-0.2, 0) is 11.4 Å². The zero-order valence-corrected chi connectivity index (χ0v) is 18.8. The summed E-state index contributed by atoms with van der Waals surface area (Å²) in [7, 11) is 0. The second kappa shape index (κ2) is 9.76. The lowest BCUT2D eigenvalue weighted by atomic mass is 10.3. The molecule has 9 heteroatoms. The number of carbonyl (C=O) groups excluding carboxylic acids is 1. The molecular formula is C21H21ClN4O2S2. The highest BCUT2D eigenvalue weighted by atomic mass is 35.5. The van der Waals surface area contributed by atoms with Crippen LogP contribution in [-0.4, -0.2) is 32.7 Å². The number of carbonyl (C=O) groups is 1. The average Bonchev–Trinajstić information content (AvgIpc) is 3.52. The second-order valence-electron chi connectivity index (χ2n) is 6.78. The predicted molar refractivity (Wildman–Crippen MR) is 122 cm³/mol. The third kappa shape index (κ3) is 5.30. The predicted octanol–water partition coefficient (Wildman–Crippen LogP) is 5.30. The molecule has 0 radical (unpaired) electrons. The highest BCUT2D eigenvalue weighted by molar-refractivity contribution is 7.99. The number of hydrogen-bond donors (Lipinski definition) is 1. The Kier molecular flexibility index (Phi) is 6.86. The van der Waals surface area contributed by atoms with E-state index in [0.717, 1.165) is 34.4 Å². The van der Waals surface area contributed by atoms with Crippen molar-refractivity contribution in [2.45, 2.75) is 35.5 Å². The Bertz CT molecular complexity index is 1020. The Morgan fingerprint density at radius 3 is 2.67 bits per heavy atom. The van der Waals surface area contributed by atoms with Gasteiger partial charge in [-0.3, -0.25) is 9.36 Å². The van der Waals surface area contributed by atoms with Crippen LogP contribution in [0.5, 0.6) is 5.75 Å². The van der Waals surface area contributed by atoms with E-state index < -0.39 is 0 Å². The molecule has 156 valence electrons. The van der Waals surface area contributed by atoms with Gasteiger partial charge in [0, 0.05) is 16.6 Å². The Morgan fingerprint density at radius 1 is 1.20 bits per heavy atom. The number of rotatable bonds is 9. The fraction of sp³-hybridized carbons (Fsp3) is 0.286. The van der Waals surface area contributed by atoms with Crippen LogP contribution < -0.4 is 10.1 Å². The first-order valence-electron chi connectivity index (χ1n) is 9.52. The normalized spacial score (nSPS) is 13.3. The molecule has 1 aliphatic rings. The van der Waals surface area contributed by atoms with E-state index in [0.29, 0.717) is 16.8 Å². The lowest BCUT2D eigenvalue weighted by Gasteiger charge is -2.11. The van der Waals surface area contributed by atoms with Gasteiger partial charge in [-0.25, -0.2) is 0 Å². The van der Waals surface area contributed by atoms with E-state index in [-0.39, 0.29) is 18.3 Å². The number of nitrogens with one attached hydrogen (secondary N) is 1. The van der Waals surface area contributed by atoms with E-state index in [2.05, 4.69) is 20.1 Å². The van der Waals surface area contributed by atoms with Crippen molar-refractivity contribution in [2.24, 2.45) is 0 Å². The largest absolute Gasteiger partial charge is 0.484 e. The maximum Gasteiger partial charge on any atom is 0.234 e. The molecule has 0 saturated heterocycles. The van der Waals surface area contributed by atoms with E-state index >= 15 is 0 Å². The van der Waals surface area contributed by atoms with Crippen LogP contribution >= 0.6 is 35.1 Å². The molecule has 0 unspecified atom stereocenters. The van der Waals surface area contributed by atoms with Crippen molar-refractivity contribution in [1.82, 2.24) is 14.8 Å². The summed E-state index contributed by atoms with van der Waals surface area (Å²) in [5.74, 6) is 1.55. The van der Waals surface area contributed by atoms with Crippen LogP contribution in [0.3, 0.4) is 0 Å². The van der Waals surface area contributed by atoms with Crippen molar-refractivity contribution >= 4 is 46.7 Å². The van der Waals surface area contributed by atoms with Crippen LogP contribution in [0, 0.1) is 0 Å². The molecule has 0 spiro atoms. The van der Waals surface area contributed by atoms with E-state index in [9.17, 15) is 4.79 Å². The van der Waals surface area contributed by atoms with Crippen LogP contribution in [0.1, 0.15) is 24.7 Å². The lowest BCUT2D eigenvalue weighted by Crippen LogP contribution is -2.14. The van der Waals surface area contributed by atoms with Crippen molar-refractivity contribution in [3.63, 3.8) is 0 Å². The first-order chi connectivity index (χ1) is 14.6. The SMILES string of the molecule is CSc1ccc(NC(=O)CSc2nnc(COc3ccccc3Cl)n2C2CC2)cc1. The first kappa shape index (κ1) is 21.1. The Labute approximate surface area is 188 Å². The maximum absolute atomic E-state index is 12.4. The van der Waals surface area contributed by atoms with Gasteiger partial charge in [0.1, 0.15) is 12.4 Å². The van der Waals surface area contributed by atoms with Crippen LogP contribution in [0.2, 0.25) is 5.02 Å². The smallest absolute Gasteiger partial charge is 0.234 e. The molecule has 0 bridgehead atoms. The molecule has 6 nitrogen and oxygen atoms in total. The van der Waals surface area contributed by atoms with Gasteiger partial charge < -0.3 is 10.1 Å². The van der Waals surface area contributed by atoms with Gasteiger partial charge in [0.25, 0.3) is 0 Å². The summed E-state index contributed by atoms with van der Waals surface area (Å²) in [6, 6.07) is 15.5. The second-order valence-corrected chi connectivity index (χ2v) is 9.01. The lowest BCUT2D eigenvalue weighted by molar-refractivity contribution is -0.113. The van der Waals surface area contributed by atoms with Crippen molar-refractivity contribution in [2.75, 3.05) is 17.3 Å². The summed E-state index contributed by atoms with van der Waals surface area (Å²) >= 11 is 9.22. The van der Waals surface area contributed by atoms with Crippen molar-refractivity contribution in [3.05, 3.63) is 59.4 Å². The zero-order valence-electron chi connectivity index (χ0n) is 16.4. The summed E-state index contributed by atoms with van der Waals surface area (Å²) in [5, 5.41) is 12.8. The minimum atomic E-state index is -0.0730. The minimum absolute atomic E-state index is 0.0730. The van der Waals surface area contributed by atoms with Gasteiger partial charge in [0.15, 0.2) is 11.0 Å². The molecule has 1 N–H and O–H groups in total. The number of ether oxygens (including phenoxy) is 1. The van der Waals surface area contributed by atoms with Crippen molar-refractivity contribution < 1.29 is 9.53 Å². The van der Waals surface area contributed by atoms with Crippen LogP contribution in [0.15, 0.2) is 58.6 Å². The molecule has 30 heavy (non-hydrogen) atoms. The van der Waals surface area contributed by atoms with Gasteiger partial charge in [-0.05, 0) is 55.5 Å². The number of para-hydroxylation sites is 1. The topological polar surface area (TPSA) is 69.0 Å². The highest BCUT2D eigenvalue weighted by Gasteiger charge is 2.30. The molecule has 1 heterocycles. The van der Waals surface area contributed by atoms with Crippen molar-refractivity contribution in [3.8, 4) is 5.75 Å². The number of nitrogens with zero attached hydrogens (tertiary/aromatic N) is 3. The molecule has 0 aliphatic heterocycles. The quantitative estimate of drug-likeness (QED) is 0.437. The van der Waals surface area contributed by atoms with E-state index in [1.807, 2.05) is 48.7 Å². The monoisotopic (exact) mass is 460 g/mol. The maximum atomic E-state index is 12.4. The van der Waals surface area contributed by atoms with Gasteiger partial charge in [-0.2, -0.15) is 0 Å². The van der Waals surface area contributed by atoms with Crippen molar-refractivity contribution in [1.29, 1.82) is 0 Å². The third-order valence-electron chi connectivity index (χ3n) is 4.55. The fourth-order valence-electron chi connectivity index (χ4n) is 2.91. The van der Waals surface area contributed by atoms with E-state index in [1.165, 1.54) is 11.8 Å². The molecule has 1 saturated carbocycles.